The van der Waals surface area contributed by atoms with Crippen LogP contribution < -0.4 is 5.32 Å². The number of esters is 1. The molecule has 1 heterocycles. The van der Waals surface area contributed by atoms with Crippen LogP contribution in [0.5, 0.6) is 0 Å². The van der Waals surface area contributed by atoms with Crippen molar-refractivity contribution in [3.63, 3.8) is 0 Å². The average molecular weight is 348 g/mol. The molecule has 0 fully saturated rings. The first-order chi connectivity index (χ1) is 12.0. The molecule has 0 aliphatic heterocycles. The number of nitrogens with one attached hydrogen (secondary N) is 2. The Morgan fingerprint density at radius 1 is 1.16 bits per heavy atom. The number of carbonyl (C=O) groups excluding carboxylic acids is 3. The molecule has 1 amide bonds. The largest absolute Gasteiger partial charge is 0.466 e. The van der Waals surface area contributed by atoms with E-state index < -0.39 is 0 Å². The first-order valence-corrected chi connectivity index (χ1v) is 9.23. The Hall–Kier alpha value is -2.11. The van der Waals surface area contributed by atoms with E-state index in [4.69, 9.17) is 4.74 Å². The maximum absolute atomic E-state index is 12.3. The molecular weight excluding hydrogens is 320 g/mol. The van der Waals surface area contributed by atoms with Crippen LogP contribution in [0.1, 0.15) is 84.0 Å². The summed E-state index contributed by atoms with van der Waals surface area (Å²) in [5.41, 5.74) is 2.91. The van der Waals surface area contributed by atoms with Crippen LogP contribution in [0.15, 0.2) is 0 Å². The molecule has 6 heteroatoms. The van der Waals surface area contributed by atoms with Crippen molar-refractivity contribution in [1.82, 2.24) is 10.3 Å². The monoisotopic (exact) mass is 348 g/mol. The summed E-state index contributed by atoms with van der Waals surface area (Å²) in [6.07, 6.45) is 6.29. The summed E-state index contributed by atoms with van der Waals surface area (Å²) in [6, 6.07) is 0. The van der Waals surface area contributed by atoms with Crippen LogP contribution in [0.3, 0.4) is 0 Å². The summed E-state index contributed by atoms with van der Waals surface area (Å²) >= 11 is 0. The van der Waals surface area contributed by atoms with Crippen molar-refractivity contribution < 1.29 is 19.1 Å². The Morgan fingerprint density at radius 3 is 2.64 bits per heavy atom. The Morgan fingerprint density at radius 2 is 1.92 bits per heavy atom. The van der Waals surface area contributed by atoms with Crippen LogP contribution in [0.2, 0.25) is 0 Å². The fourth-order valence-electron chi connectivity index (χ4n) is 3.27. The van der Waals surface area contributed by atoms with Crippen LogP contribution in [0.25, 0.3) is 0 Å². The average Bonchev–Trinajstić information content (AvgIpc) is 2.92. The third kappa shape index (κ3) is 5.18. The highest BCUT2D eigenvalue weighted by atomic mass is 16.5. The second-order valence-corrected chi connectivity index (χ2v) is 6.48. The van der Waals surface area contributed by atoms with E-state index >= 15 is 0 Å². The van der Waals surface area contributed by atoms with E-state index in [9.17, 15) is 14.4 Å². The van der Waals surface area contributed by atoms with E-state index in [2.05, 4.69) is 10.3 Å². The maximum Gasteiger partial charge on any atom is 0.305 e. The number of fused-ring (bicyclic) bond motifs is 1. The van der Waals surface area contributed by atoms with Gasteiger partial charge in [0.1, 0.15) is 5.69 Å². The van der Waals surface area contributed by atoms with Crippen molar-refractivity contribution in [2.45, 2.75) is 65.2 Å². The van der Waals surface area contributed by atoms with E-state index in [1.807, 2.05) is 6.92 Å². The van der Waals surface area contributed by atoms with Crippen molar-refractivity contribution in [1.29, 1.82) is 0 Å². The number of H-pyrrole nitrogens is 1. The highest BCUT2D eigenvalue weighted by Gasteiger charge is 2.26. The lowest BCUT2D eigenvalue weighted by atomic mass is 9.94. The number of aromatic nitrogens is 1. The molecule has 6 nitrogen and oxygen atoms in total. The minimum atomic E-state index is -0.147. The van der Waals surface area contributed by atoms with Gasteiger partial charge in [-0.05, 0) is 45.1 Å². The van der Waals surface area contributed by atoms with Gasteiger partial charge in [-0.1, -0.05) is 12.8 Å². The maximum atomic E-state index is 12.3. The number of unbranched alkanes of at least 4 members (excludes halogenated alkanes) is 3. The van der Waals surface area contributed by atoms with Gasteiger partial charge in [0.2, 0.25) is 0 Å². The Labute approximate surface area is 148 Å². The number of amides is 1. The summed E-state index contributed by atoms with van der Waals surface area (Å²) in [6.45, 7) is 4.66. The second-order valence-electron chi connectivity index (χ2n) is 6.48. The highest BCUT2D eigenvalue weighted by Crippen LogP contribution is 2.26. The molecular formula is C19H28N2O4. The smallest absolute Gasteiger partial charge is 0.305 e. The predicted molar refractivity (Wildman–Crippen MR) is 94.8 cm³/mol. The minimum Gasteiger partial charge on any atom is -0.466 e. The standard InChI is InChI=1S/C19H28N2O4/c1-3-25-16(23)11-6-4-5-7-12-20-19(24)18-13(2)17-14(21-18)9-8-10-15(17)22/h21H,3-12H2,1-2H3,(H,20,24). The molecule has 138 valence electrons. The van der Waals surface area contributed by atoms with Gasteiger partial charge in [0, 0.05) is 30.6 Å². The number of ether oxygens (including phenoxy) is 1. The van der Waals surface area contributed by atoms with Gasteiger partial charge in [-0.2, -0.15) is 0 Å². The number of carbonyl (C=O) groups is 3. The zero-order valence-corrected chi connectivity index (χ0v) is 15.2. The second kappa shape index (κ2) is 9.39. The van der Waals surface area contributed by atoms with Crippen molar-refractivity contribution in [2.24, 2.45) is 0 Å². The Kier molecular flexibility index (Phi) is 7.22. The van der Waals surface area contributed by atoms with Crippen molar-refractivity contribution in [3.05, 3.63) is 22.5 Å². The van der Waals surface area contributed by atoms with Crippen LogP contribution in [-0.2, 0) is 16.0 Å². The fraction of sp³-hybridized carbons (Fsp3) is 0.632. The van der Waals surface area contributed by atoms with Gasteiger partial charge in [-0.25, -0.2) is 0 Å². The molecule has 0 spiro atoms. The molecule has 2 N–H and O–H groups in total. The lowest BCUT2D eigenvalue weighted by molar-refractivity contribution is -0.143. The number of hydrogen-bond acceptors (Lipinski definition) is 4. The summed E-state index contributed by atoms with van der Waals surface area (Å²) in [5, 5.41) is 2.91. The number of aromatic amines is 1. The summed E-state index contributed by atoms with van der Waals surface area (Å²) in [4.78, 5) is 38.7. The molecule has 1 aliphatic carbocycles. The van der Waals surface area contributed by atoms with Crippen molar-refractivity contribution in [3.8, 4) is 0 Å². The molecule has 25 heavy (non-hydrogen) atoms. The minimum absolute atomic E-state index is 0.135. The van der Waals surface area contributed by atoms with Crippen molar-refractivity contribution >= 4 is 17.7 Å². The van der Waals surface area contributed by atoms with Gasteiger partial charge in [0.15, 0.2) is 5.78 Å². The van der Waals surface area contributed by atoms with Gasteiger partial charge in [-0.15, -0.1) is 0 Å². The topological polar surface area (TPSA) is 88.3 Å². The molecule has 0 radical (unpaired) electrons. The zero-order chi connectivity index (χ0) is 18.2. The number of rotatable bonds is 9. The SMILES string of the molecule is CCOC(=O)CCCCCCNC(=O)c1[nH]c2c(c1C)C(=O)CCC2. The first-order valence-electron chi connectivity index (χ1n) is 9.23. The van der Waals surface area contributed by atoms with Gasteiger partial charge in [0.05, 0.1) is 6.61 Å². The summed E-state index contributed by atoms with van der Waals surface area (Å²) < 4.78 is 4.88. The molecule has 1 aromatic heterocycles. The van der Waals surface area contributed by atoms with Crippen LogP contribution in [-0.4, -0.2) is 35.8 Å². The van der Waals surface area contributed by atoms with E-state index in [1.165, 1.54) is 0 Å². The molecule has 0 saturated carbocycles. The van der Waals surface area contributed by atoms with Crippen LogP contribution in [0.4, 0.5) is 0 Å². The lowest BCUT2D eigenvalue weighted by Gasteiger charge is -2.09. The van der Waals surface area contributed by atoms with Crippen molar-refractivity contribution in [2.75, 3.05) is 13.2 Å². The normalized spacial score (nSPS) is 13.4. The number of Topliss-reactive ketones (excluding diaryl/α,β-unsaturated/α-hetero) is 1. The molecule has 1 aromatic rings. The van der Waals surface area contributed by atoms with E-state index in [-0.39, 0.29) is 17.7 Å². The van der Waals surface area contributed by atoms with Crippen LogP contribution in [0, 0.1) is 6.92 Å². The molecule has 0 saturated heterocycles. The Balaban J connectivity index is 1.69. The van der Waals surface area contributed by atoms with Gasteiger partial charge < -0.3 is 15.0 Å². The van der Waals surface area contributed by atoms with E-state index in [1.54, 1.807) is 6.92 Å². The highest BCUT2D eigenvalue weighted by molar-refractivity contribution is 6.04. The number of aryl methyl sites for hydroxylation is 1. The third-order valence-electron chi connectivity index (χ3n) is 4.56. The molecule has 0 bridgehead atoms. The Bertz CT molecular complexity index is 634. The van der Waals surface area contributed by atoms with Gasteiger partial charge >= 0.3 is 5.97 Å². The number of hydrogen-bond donors (Lipinski definition) is 2. The molecule has 0 unspecified atom stereocenters. The molecule has 2 rings (SSSR count). The predicted octanol–water partition coefficient (Wildman–Crippen LogP) is 3.09. The lowest BCUT2D eigenvalue weighted by Crippen LogP contribution is -2.25. The number of ketones is 1. The first kappa shape index (κ1) is 19.2. The van der Waals surface area contributed by atoms with Gasteiger partial charge in [0.25, 0.3) is 5.91 Å². The van der Waals surface area contributed by atoms with E-state index in [0.29, 0.717) is 31.7 Å². The molecule has 0 aromatic carbocycles. The zero-order valence-electron chi connectivity index (χ0n) is 15.2. The quantitative estimate of drug-likeness (QED) is 0.530. The molecule has 1 aliphatic rings. The fourth-order valence-corrected chi connectivity index (χ4v) is 3.27. The third-order valence-corrected chi connectivity index (χ3v) is 4.56. The van der Waals surface area contributed by atoms with E-state index in [0.717, 1.165) is 55.3 Å². The van der Waals surface area contributed by atoms with Gasteiger partial charge in [-0.3, -0.25) is 14.4 Å². The summed E-state index contributed by atoms with van der Waals surface area (Å²) in [7, 11) is 0. The molecule has 0 atom stereocenters. The summed E-state index contributed by atoms with van der Waals surface area (Å²) in [5.74, 6) is -0.154. The van der Waals surface area contributed by atoms with Crippen LogP contribution >= 0.6 is 0 Å².